The van der Waals surface area contributed by atoms with E-state index in [-0.39, 0.29) is 51.0 Å². The summed E-state index contributed by atoms with van der Waals surface area (Å²) < 4.78 is 0. The van der Waals surface area contributed by atoms with Crippen molar-refractivity contribution in [2.75, 3.05) is 0 Å². The van der Waals surface area contributed by atoms with Crippen LogP contribution in [0.15, 0.2) is 24.3 Å². The molecule has 182 valence electrons. The third kappa shape index (κ3) is 8.00. The van der Waals surface area contributed by atoms with Crippen molar-refractivity contribution in [1.82, 2.24) is 0 Å². The zero-order chi connectivity index (χ0) is 20.2. The van der Waals surface area contributed by atoms with Gasteiger partial charge in [-0.25, -0.2) is 28.5 Å². The Morgan fingerprint density at radius 2 is 0.818 bits per heavy atom. The molecule has 0 amide bonds. The molecule has 5 heteroatoms. The van der Waals surface area contributed by atoms with Gasteiger partial charge in [-0.05, 0) is 0 Å². The monoisotopic (exact) mass is 600 g/mol. The third-order valence-electron chi connectivity index (χ3n) is 8.46. The molecule has 4 saturated carbocycles. The summed E-state index contributed by atoms with van der Waals surface area (Å²) in [4.78, 5) is 0. The first-order valence-corrected chi connectivity index (χ1v) is 14.9. The zero-order valence-corrected chi connectivity index (χ0v) is 26.0. The molecular formula is C28H42Cl2P2Zr. The van der Waals surface area contributed by atoms with Crippen molar-refractivity contribution in [3.05, 3.63) is 45.4 Å². The van der Waals surface area contributed by atoms with Gasteiger partial charge in [-0.2, -0.15) is 22.7 Å². The smallest absolute Gasteiger partial charge is 0.220 e. The van der Waals surface area contributed by atoms with Crippen LogP contribution in [0.25, 0.3) is 0 Å². The Labute approximate surface area is 237 Å². The predicted molar refractivity (Wildman–Crippen MR) is 148 cm³/mol. The van der Waals surface area contributed by atoms with E-state index >= 15 is 0 Å². The Morgan fingerprint density at radius 1 is 0.515 bits per heavy atom. The van der Waals surface area contributed by atoms with Crippen LogP contribution in [-0.4, -0.2) is 0 Å². The first kappa shape index (κ1) is 30.2. The number of rotatable bonds is 4. The van der Waals surface area contributed by atoms with Gasteiger partial charge in [0.2, 0.25) is 0 Å². The van der Waals surface area contributed by atoms with E-state index in [9.17, 15) is 0 Å². The van der Waals surface area contributed by atoms with Crippen LogP contribution in [0.4, 0.5) is 0 Å². The second-order valence-electron chi connectivity index (χ2n) is 10.5. The van der Waals surface area contributed by atoms with E-state index in [1.807, 2.05) is 0 Å². The van der Waals surface area contributed by atoms with Gasteiger partial charge in [0.1, 0.15) is 0 Å². The third-order valence-corrected chi connectivity index (χ3v) is 11.5. The van der Waals surface area contributed by atoms with Crippen molar-refractivity contribution < 1.29 is 26.2 Å². The largest absolute Gasteiger partial charge is 2.00 e. The quantitative estimate of drug-likeness (QED) is 0.306. The number of halogens is 2. The number of hydrogen-bond donors (Lipinski definition) is 0. The molecule has 4 aliphatic carbocycles. The molecule has 0 bridgehead atoms. The first-order valence-electron chi connectivity index (χ1n) is 13.1. The summed E-state index contributed by atoms with van der Waals surface area (Å²) in [6.07, 6.45) is 23.5. The molecule has 2 aromatic rings. The zero-order valence-electron chi connectivity index (χ0n) is 20.1. The van der Waals surface area contributed by atoms with E-state index in [0.29, 0.717) is 0 Å². The van der Waals surface area contributed by atoms with Crippen molar-refractivity contribution >= 4 is 41.2 Å². The van der Waals surface area contributed by atoms with Crippen LogP contribution < -0.4 is 0 Å². The minimum Gasteiger partial charge on any atom is -0.220 e. The molecule has 0 unspecified atom stereocenters. The maximum absolute atomic E-state index is 2.45. The average Bonchev–Trinajstić information content (AvgIpc) is 3.64. The summed E-state index contributed by atoms with van der Waals surface area (Å²) in [6.45, 7) is 0. The second kappa shape index (κ2) is 15.3. The van der Waals surface area contributed by atoms with Crippen molar-refractivity contribution in [1.29, 1.82) is 0 Å². The van der Waals surface area contributed by atoms with E-state index in [1.165, 1.54) is 103 Å². The Morgan fingerprint density at radius 3 is 1.15 bits per heavy atom. The van der Waals surface area contributed by atoms with Crippen LogP contribution in [0, 0.1) is 0 Å². The minimum absolute atomic E-state index is 0. The van der Waals surface area contributed by atoms with Crippen molar-refractivity contribution in [2.24, 2.45) is 0 Å². The fraction of sp³-hybridized carbons (Fsp3) is 0.714. The topological polar surface area (TPSA) is 0 Å². The van der Waals surface area contributed by atoms with Crippen LogP contribution in [0.3, 0.4) is 0 Å². The summed E-state index contributed by atoms with van der Waals surface area (Å²) in [5, 5.41) is 6.98. The summed E-state index contributed by atoms with van der Waals surface area (Å²) in [5.74, 6) is 3.78. The molecule has 0 saturated heterocycles. The molecule has 0 spiro atoms. The van der Waals surface area contributed by atoms with E-state index in [1.54, 1.807) is 37.6 Å². The summed E-state index contributed by atoms with van der Waals surface area (Å²) in [7, 11) is 3.21. The second-order valence-corrected chi connectivity index (χ2v) is 13.0. The Kier molecular flexibility index (Phi) is 14.0. The predicted octanol–water partition coefficient (Wildman–Crippen LogP) is 11.4. The summed E-state index contributed by atoms with van der Waals surface area (Å²) >= 11 is 0. The van der Waals surface area contributed by atoms with Gasteiger partial charge in [-0.1, -0.05) is 126 Å². The van der Waals surface area contributed by atoms with Crippen LogP contribution in [0.2, 0.25) is 0 Å². The fourth-order valence-electron chi connectivity index (χ4n) is 6.58. The Balaban J connectivity index is 0.000000214. The fourth-order valence-corrected chi connectivity index (χ4v) is 9.54. The standard InChI is InChI=1S/2C14H20P.2ClH.Zr/c2*1-2-6-11(5-1)13-9-10-14(15-13)12-7-3-4-8-12;;;/h2*9-12H,1-8H2;2*1H;/q2*-1;;;+2. The van der Waals surface area contributed by atoms with Crippen molar-refractivity contribution in [2.45, 2.75) is 126 Å². The minimum atomic E-state index is 0. The normalized spacial score (nSPS) is 22.3. The maximum atomic E-state index is 2.45. The van der Waals surface area contributed by atoms with Crippen LogP contribution >= 0.6 is 41.2 Å². The molecule has 2 aromatic heterocycles. The van der Waals surface area contributed by atoms with Crippen LogP contribution in [-0.2, 0) is 26.2 Å². The molecule has 0 aromatic carbocycles. The van der Waals surface area contributed by atoms with Gasteiger partial charge in [-0.3, -0.25) is 0 Å². The first-order chi connectivity index (χ1) is 14.9. The SMILES string of the molecule is Cl.Cl.[Zr+2].c1c[c-](C2CCCC2)pc1C1CCCC1.c1c[c-](C2CCCC2)pc1C1CCCC1. The van der Waals surface area contributed by atoms with Gasteiger partial charge in [0.15, 0.2) is 0 Å². The van der Waals surface area contributed by atoms with Crippen LogP contribution in [0.5, 0.6) is 0 Å². The molecule has 4 aliphatic rings. The van der Waals surface area contributed by atoms with Crippen LogP contribution in [0.1, 0.15) is 148 Å². The average molecular weight is 603 g/mol. The Hall–Kier alpha value is 1.02. The van der Waals surface area contributed by atoms with E-state index in [4.69, 9.17) is 0 Å². The van der Waals surface area contributed by atoms with E-state index in [0.717, 1.165) is 23.7 Å². The van der Waals surface area contributed by atoms with Crippen molar-refractivity contribution in [3.8, 4) is 0 Å². The molecular weight excluding hydrogens is 560 g/mol. The molecule has 0 N–H and O–H groups in total. The molecule has 6 rings (SSSR count). The molecule has 0 atom stereocenters. The maximum Gasteiger partial charge on any atom is 2.00 e. The van der Waals surface area contributed by atoms with Gasteiger partial charge in [0, 0.05) is 0 Å². The molecule has 0 radical (unpaired) electrons. The molecule has 0 nitrogen and oxygen atoms in total. The van der Waals surface area contributed by atoms with Gasteiger partial charge >= 0.3 is 26.2 Å². The molecule has 4 fully saturated rings. The van der Waals surface area contributed by atoms with Gasteiger partial charge in [0.25, 0.3) is 0 Å². The molecule has 0 aliphatic heterocycles. The van der Waals surface area contributed by atoms with Gasteiger partial charge < -0.3 is 0 Å². The summed E-state index contributed by atoms with van der Waals surface area (Å²) in [5.41, 5.74) is 0. The molecule has 33 heavy (non-hydrogen) atoms. The molecule has 2 heterocycles. The Bertz CT molecular complexity index is 650. The van der Waals surface area contributed by atoms with Gasteiger partial charge in [-0.15, -0.1) is 35.4 Å². The number of hydrogen-bond acceptors (Lipinski definition) is 0. The van der Waals surface area contributed by atoms with E-state index < -0.39 is 0 Å². The van der Waals surface area contributed by atoms with E-state index in [2.05, 4.69) is 24.3 Å². The van der Waals surface area contributed by atoms with Gasteiger partial charge in [0.05, 0.1) is 0 Å². The van der Waals surface area contributed by atoms with Crippen molar-refractivity contribution in [3.63, 3.8) is 0 Å². The summed E-state index contributed by atoms with van der Waals surface area (Å²) in [6, 6.07) is 9.80.